The van der Waals surface area contributed by atoms with Crippen LogP contribution in [-0.2, 0) is 0 Å². The van der Waals surface area contributed by atoms with Crippen molar-refractivity contribution in [3.8, 4) is 33.4 Å². The fraction of sp³-hybridized carbons (Fsp3) is 0. The van der Waals surface area contributed by atoms with Crippen LogP contribution in [0.25, 0.3) is 93.9 Å². The summed E-state index contributed by atoms with van der Waals surface area (Å²) in [5, 5.41) is 7.64. The Morgan fingerprint density at radius 3 is 1.31 bits per heavy atom. The number of anilines is 6. The molecule has 0 saturated carbocycles. The van der Waals surface area contributed by atoms with Crippen molar-refractivity contribution >= 4 is 129 Å². The summed E-state index contributed by atoms with van der Waals surface area (Å²) < 4.78 is 7.68. The molecule has 0 bridgehead atoms. The summed E-state index contributed by atoms with van der Waals surface area (Å²) in [7, 11) is 0. The SMILES string of the molecule is c1ccc(-c2ccc(-c3cccc(N(c4ccccc4-c4cccc(N(c5cccc6c5sc5ccccc56)c5cccc6sc7ccccc7c56)c4)c4cccc5sc6ccccc6c45)c3)cc2)cc1. The maximum Gasteiger partial charge on any atom is 0.0640 e. The second-order valence-corrected chi connectivity index (χ2v) is 21.2. The third-order valence-corrected chi connectivity index (χ3v) is 17.3. The van der Waals surface area contributed by atoms with E-state index in [1.807, 2.05) is 34.0 Å². The predicted molar refractivity (Wildman–Crippen MR) is 311 cm³/mol. The van der Waals surface area contributed by atoms with E-state index < -0.39 is 0 Å². The van der Waals surface area contributed by atoms with Crippen LogP contribution < -0.4 is 9.80 Å². The van der Waals surface area contributed by atoms with Crippen molar-refractivity contribution in [2.24, 2.45) is 0 Å². The molecule has 0 aliphatic heterocycles. The molecule has 0 saturated heterocycles. The minimum Gasteiger partial charge on any atom is -0.309 e. The first-order chi connectivity index (χ1) is 35.2. The standard InChI is InChI=1S/C66H42N2S3/c1-2-17-43(18-3-1)44-37-39-45(40-38-44)46-19-12-21-48(41-46)67(56-29-15-35-62-64(56)53-25-6-10-33-60(53)69-62)55-28-8-4-23-50(55)47-20-13-22-49(42-47)68(57-30-16-36-63-65(57)54-26-7-11-34-61(54)70-63)58-31-14-27-52-51-24-5-9-32-59(51)71-66(52)58/h1-42H. The van der Waals surface area contributed by atoms with E-state index >= 15 is 0 Å². The van der Waals surface area contributed by atoms with E-state index in [9.17, 15) is 0 Å². The van der Waals surface area contributed by atoms with Crippen LogP contribution in [0.2, 0.25) is 0 Å². The van der Waals surface area contributed by atoms with Crippen LogP contribution in [0, 0.1) is 0 Å². The number of hydrogen-bond acceptors (Lipinski definition) is 5. The van der Waals surface area contributed by atoms with Crippen LogP contribution in [-0.4, -0.2) is 0 Å². The Morgan fingerprint density at radius 1 is 0.239 bits per heavy atom. The molecule has 3 aromatic heterocycles. The zero-order valence-electron chi connectivity index (χ0n) is 38.4. The number of hydrogen-bond donors (Lipinski definition) is 0. The van der Waals surface area contributed by atoms with E-state index in [0.29, 0.717) is 0 Å². The molecule has 5 heteroatoms. The van der Waals surface area contributed by atoms with Gasteiger partial charge in [-0.2, -0.15) is 0 Å². The molecule has 334 valence electrons. The second-order valence-electron chi connectivity index (χ2n) is 18.0. The largest absolute Gasteiger partial charge is 0.309 e. The quantitative estimate of drug-likeness (QED) is 0.142. The molecule has 0 spiro atoms. The third-order valence-electron chi connectivity index (χ3n) is 13.9. The van der Waals surface area contributed by atoms with Crippen molar-refractivity contribution in [1.82, 2.24) is 0 Å². The molecule has 71 heavy (non-hydrogen) atoms. The van der Waals surface area contributed by atoms with E-state index in [-0.39, 0.29) is 0 Å². The number of nitrogens with zero attached hydrogens (tertiary/aromatic N) is 2. The van der Waals surface area contributed by atoms with Crippen LogP contribution in [0.15, 0.2) is 255 Å². The molecule has 0 atom stereocenters. The first-order valence-electron chi connectivity index (χ1n) is 24.0. The second kappa shape index (κ2) is 17.3. The van der Waals surface area contributed by atoms with Crippen molar-refractivity contribution in [1.29, 1.82) is 0 Å². The fourth-order valence-electron chi connectivity index (χ4n) is 10.6. The Bertz CT molecular complexity index is 4310. The molecule has 0 aliphatic rings. The van der Waals surface area contributed by atoms with Gasteiger partial charge < -0.3 is 9.80 Å². The summed E-state index contributed by atoms with van der Waals surface area (Å²) in [5.74, 6) is 0. The summed E-state index contributed by atoms with van der Waals surface area (Å²) in [6.45, 7) is 0. The Balaban J connectivity index is 0.974. The Morgan fingerprint density at radius 2 is 0.648 bits per heavy atom. The lowest BCUT2D eigenvalue weighted by Gasteiger charge is -2.30. The van der Waals surface area contributed by atoms with E-state index in [1.54, 1.807) is 0 Å². The molecule has 0 unspecified atom stereocenters. The fourth-order valence-corrected chi connectivity index (χ4v) is 14.1. The highest BCUT2D eigenvalue weighted by Gasteiger charge is 2.25. The average Bonchev–Trinajstić information content (AvgIpc) is 4.14. The van der Waals surface area contributed by atoms with Crippen LogP contribution in [0.1, 0.15) is 0 Å². The zero-order chi connectivity index (χ0) is 46.8. The van der Waals surface area contributed by atoms with Gasteiger partial charge in [-0.05, 0) is 107 Å². The molecule has 11 aromatic carbocycles. The monoisotopic (exact) mass is 958 g/mol. The molecule has 0 amide bonds. The van der Waals surface area contributed by atoms with Crippen molar-refractivity contribution in [3.63, 3.8) is 0 Å². The van der Waals surface area contributed by atoms with E-state index in [1.165, 1.54) is 88.6 Å². The van der Waals surface area contributed by atoms with Crippen LogP contribution in [0.5, 0.6) is 0 Å². The third kappa shape index (κ3) is 7.12. The number of benzene rings is 11. The summed E-state index contributed by atoms with van der Waals surface area (Å²) >= 11 is 5.60. The van der Waals surface area contributed by atoms with E-state index in [2.05, 4.69) is 265 Å². The van der Waals surface area contributed by atoms with Crippen molar-refractivity contribution in [2.45, 2.75) is 0 Å². The maximum absolute atomic E-state index is 2.52. The molecule has 14 aromatic rings. The molecule has 3 heterocycles. The van der Waals surface area contributed by atoms with E-state index in [4.69, 9.17) is 0 Å². The summed E-state index contributed by atoms with van der Waals surface area (Å²) in [6.07, 6.45) is 0. The van der Waals surface area contributed by atoms with Gasteiger partial charge in [0.1, 0.15) is 0 Å². The number of fused-ring (bicyclic) bond motifs is 9. The number of thiophene rings is 3. The smallest absolute Gasteiger partial charge is 0.0640 e. The van der Waals surface area contributed by atoms with Crippen molar-refractivity contribution in [3.05, 3.63) is 255 Å². The maximum atomic E-state index is 2.52. The van der Waals surface area contributed by atoms with Gasteiger partial charge in [-0.25, -0.2) is 0 Å². The van der Waals surface area contributed by atoms with Gasteiger partial charge in [-0.3, -0.25) is 0 Å². The molecule has 0 radical (unpaired) electrons. The van der Waals surface area contributed by atoms with Crippen LogP contribution >= 0.6 is 34.0 Å². The van der Waals surface area contributed by atoms with Gasteiger partial charge in [0.05, 0.1) is 27.4 Å². The zero-order valence-corrected chi connectivity index (χ0v) is 40.8. The molecular weight excluding hydrogens is 917 g/mol. The molecule has 0 aliphatic carbocycles. The van der Waals surface area contributed by atoms with E-state index in [0.717, 1.165) is 39.4 Å². The Kier molecular flexibility index (Phi) is 10.1. The first-order valence-corrected chi connectivity index (χ1v) is 26.4. The number of rotatable bonds is 9. The van der Waals surface area contributed by atoms with Gasteiger partial charge >= 0.3 is 0 Å². The average molecular weight is 959 g/mol. The van der Waals surface area contributed by atoms with Gasteiger partial charge in [-0.1, -0.05) is 176 Å². The minimum absolute atomic E-state index is 1.09. The Hall–Kier alpha value is -8.32. The lowest BCUT2D eigenvalue weighted by atomic mass is 9.98. The topological polar surface area (TPSA) is 6.48 Å². The van der Waals surface area contributed by atoms with Gasteiger partial charge in [0, 0.05) is 72.8 Å². The van der Waals surface area contributed by atoms with Crippen molar-refractivity contribution < 1.29 is 0 Å². The lowest BCUT2D eigenvalue weighted by Crippen LogP contribution is -2.12. The summed E-state index contributed by atoms with van der Waals surface area (Å²) in [4.78, 5) is 5.02. The minimum atomic E-state index is 1.09. The summed E-state index contributed by atoms with van der Waals surface area (Å²) in [5.41, 5.74) is 13.8. The molecule has 0 fully saturated rings. The Labute approximate surface area is 423 Å². The van der Waals surface area contributed by atoms with Gasteiger partial charge in [-0.15, -0.1) is 34.0 Å². The predicted octanol–water partition coefficient (Wildman–Crippen LogP) is 20.7. The molecular formula is C66H42N2S3. The molecule has 14 rings (SSSR count). The van der Waals surface area contributed by atoms with Crippen LogP contribution in [0.4, 0.5) is 34.1 Å². The first kappa shape index (κ1) is 41.6. The van der Waals surface area contributed by atoms with Crippen LogP contribution in [0.3, 0.4) is 0 Å². The van der Waals surface area contributed by atoms with Gasteiger partial charge in [0.25, 0.3) is 0 Å². The lowest BCUT2D eigenvalue weighted by molar-refractivity contribution is 1.29. The highest BCUT2D eigenvalue weighted by Crippen LogP contribution is 2.51. The molecule has 2 nitrogen and oxygen atoms in total. The summed E-state index contributed by atoms with van der Waals surface area (Å²) in [6, 6.07) is 93.8. The van der Waals surface area contributed by atoms with Crippen molar-refractivity contribution in [2.75, 3.05) is 9.80 Å². The highest BCUT2D eigenvalue weighted by atomic mass is 32.1. The normalized spacial score (nSPS) is 11.7. The van der Waals surface area contributed by atoms with Gasteiger partial charge in [0.2, 0.25) is 0 Å². The highest BCUT2D eigenvalue weighted by molar-refractivity contribution is 7.27. The van der Waals surface area contributed by atoms with Gasteiger partial charge in [0.15, 0.2) is 0 Å². The molecule has 0 N–H and O–H groups in total. The number of para-hydroxylation sites is 1.